The van der Waals surface area contributed by atoms with Gasteiger partial charge in [0.15, 0.2) is 0 Å². The van der Waals surface area contributed by atoms with Crippen LogP contribution < -0.4 is 15.8 Å². The fraction of sp³-hybridized carbons (Fsp3) is 0.485. The molecule has 11 heteroatoms. The maximum absolute atomic E-state index is 15.2. The summed E-state index contributed by atoms with van der Waals surface area (Å²) in [7, 11) is 2.06. The summed E-state index contributed by atoms with van der Waals surface area (Å²) in [6, 6.07) is 10.8. The number of hydrogen-bond acceptors (Lipinski definition) is 8. The van der Waals surface area contributed by atoms with E-state index in [1.54, 1.807) is 10.6 Å². The van der Waals surface area contributed by atoms with Gasteiger partial charge in [-0.25, -0.2) is 9.37 Å². The second-order valence-electron chi connectivity index (χ2n) is 12.1. The van der Waals surface area contributed by atoms with Gasteiger partial charge in [-0.3, -0.25) is 19.1 Å². The van der Waals surface area contributed by atoms with Crippen LogP contribution in [0, 0.1) is 5.82 Å². The zero-order chi connectivity index (χ0) is 30.6. The van der Waals surface area contributed by atoms with E-state index in [4.69, 9.17) is 10.1 Å². The van der Waals surface area contributed by atoms with E-state index in [1.807, 2.05) is 29.2 Å². The topological polar surface area (TPSA) is 97.2 Å². The van der Waals surface area contributed by atoms with Crippen molar-refractivity contribution >= 4 is 39.8 Å². The Hall–Kier alpha value is -3.64. The molecule has 0 spiro atoms. The zero-order valence-electron chi connectivity index (χ0n) is 25.5. The largest absolute Gasteiger partial charge is 0.395 e. The summed E-state index contributed by atoms with van der Waals surface area (Å²) in [6.07, 6.45) is 4.07. The normalized spacial score (nSPS) is 19.4. The number of hydrogen-bond donors (Lipinski definition) is 2. The maximum Gasteiger partial charge on any atom is 0.261 e. The van der Waals surface area contributed by atoms with Gasteiger partial charge in [0.05, 0.1) is 23.2 Å². The molecular weight excluding hydrogens is 561 g/mol. The van der Waals surface area contributed by atoms with E-state index < -0.39 is 0 Å². The molecule has 0 bridgehead atoms. The lowest BCUT2D eigenvalue weighted by molar-refractivity contribution is -0.116. The molecule has 1 amide bonds. The number of fused-ring (bicyclic) bond motifs is 2. The van der Waals surface area contributed by atoms with Crippen LogP contribution >= 0.6 is 0 Å². The zero-order valence-corrected chi connectivity index (χ0v) is 25.5. The Morgan fingerprint density at radius 1 is 0.977 bits per heavy atom. The van der Waals surface area contributed by atoms with Gasteiger partial charge in [0.2, 0.25) is 5.91 Å². The molecule has 234 valence electrons. The van der Waals surface area contributed by atoms with Crippen LogP contribution in [0.5, 0.6) is 0 Å². The van der Waals surface area contributed by atoms with Crippen molar-refractivity contribution in [3.05, 3.63) is 64.0 Å². The molecule has 0 saturated carbocycles. The summed E-state index contributed by atoms with van der Waals surface area (Å²) in [6.45, 7) is 8.98. The fourth-order valence-corrected chi connectivity index (χ4v) is 6.37. The second-order valence-corrected chi connectivity index (χ2v) is 12.1. The Morgan fingerprint density at radius 3 is 2.39 bits per heavy atom. The Labute approximate surface area is 257 Å². The number of aliphatic hydroxyl groups excluding tert-OH is 1. The number of aromatic nitrogens is 2. The van der Waals surface area contributed by atoms with Crippen molar-refractivity contribution in [1.29, 1.82) is 0 Å². The minimum absolute atomic E-state index is 0.0158. The molecule has 10 nitrogen and oxygen atoms in total. The summed E-state index contributed by atoms with van der Waals surface area (Å²) in [5.74, 6) is 0.245. The van der Waals surface area contributed by atoms with E-state index in [2.05, 4.69) is 33.1 Å². The molecule has 3 aliphatic heterocycles. The predicted molar refractivity (Wildman–Crippen MR) is 172 cm³/mol. The highest BCUT2D eigenvalue weighted by atomic mass is 19.1. The third-order valence-electron chi connectivity index (χ3n) is 9.05. The van der Waals surface area contributed by atoms with Gasteiger partial charge in [0.1, 0.15) is 11.6 Å². The lowest BCUT2D eigenvalue weighted by Gasteiger charge is -2.34. The Kier molecular flexibility index (Phi) is 9.36. The van der Waals surface area contributed by atoms with Gasteiger partial charge < -0.3 is 25.1 Å². The highest BCUT2D eigenvalue weighted by Crippen LogP contribution is 2.30. The molecule has 3 aliphatic rings. The van der Waals surface area contributed by atoms with Gasteiger partial charge in [-0.1, -0.05) is 12.1 Å². The molecule has 0 radical (unpaired) electrons. The lowest BCUT2D eigenvalue weighted by atomic mass is 10.0. The van der Waals surface area contributed by atoms with Crippen molar-refractivity contribution in [3.8, 4) is 0 Å². The van der Waals surface area contributed by atoms with Crippen molar-refractivity contribution in [2.45, 2.75) is 25.8 Å². The van der Waals surface area contributed by atoms with Gasteiger partial charge in [-0.15, -0.1) is 0 Å². The number of likely N-dealkylation sites (N-methyl/N-ethyl adjacent to an activating group) is 1. The van der Waals surface area contributed by atoms with Crippen LogP contribution in [0.25, 0.3) is 22.6 Å². The van der Waals surface area contributed by atoms with Crippen LogP contribution in [0.3, 0.4) is 0 Å². The van der Waals surface area contributed by atoms with Crippen molar-refractivity contribution in [2.75, 3.05) is 89.3 Å². The molecule has 0 aliphatic carbocycles. The monoisotopic (exact) mass is 603 g/mol. The molecular formula is C33H42FN7O3. The number of rotatable bonds is 8. The molecule has 2 fully saturated rings. The summed E-state index contributed by atoms with van der Waals surface area (Å²) in [5, 5.41) is 12.4. The lowest BCUT2D eigenvalue weighted by Crippen LogP contribution is -2.47. The van der Waals surface area contributed by atoms with E-state index in [1.165, 1.54) is 6.07 Å². The smallest absolute Gasteiger partial charge is 0.261 e. The molecule has 6 rings (SSSR count). The number of nitrogens with zero attached hydrogens (tertiary/aromatic N) is 6. The van der Waals surface area contributed by atoms with Gasteiger partial charge in [-0.2, -0.15) is 0 Å². The Morgan fingerprint density at radius 2 is 1.68 bits per heavy atom. The Bertz CT molecular complexity index is 1570. The van der Waals surface area contributed by atoms with E-state index in [0.29, 0.717) is 48.5 Å². The number of piperazine rings is 2. The fourth-order valence-electron chi connectivity index (χ4n) is 6.37. The number of allylic oxidation sites excluding steroid dienone is 1. The first kappa shape index (κ1) is 30.4. The van der Waals surface area contributed by atoms with E-state index in [-0.39, 0.29) is 23.9 Å². The van der Waals surface area contributed by atoms with Gasteiger partial charge in [-0.05, 0) is 61.4 Å². The van der Waals surface area contributed by atoms with Crippen molar-refractivity contribution in [3.63, 3.8) is 0 Å². The van der Waals surface area contributed by atoms with Crippen LogP contribution in [-0.2, 0) is 11.3 Å². The summed E-state index contributed by atoms with van der Waals surface area (Å²) in [5.41, 5.74) is 3.49. The van der Waals surface area contributed by atoms with Crippen LogP contribution in [0.2, 0.25) is 0 Å². The molecule has 2 saturated heterocycles. The van der Waals surface area contributed by atoms with Crippen molar-refractivity contribution in [1.82, 2.24) is 24.3 Å². The van der Waals surface area contributed by atoms with E-state index in [0.717, 1.165) is 82.0 Å². The second kappa shape index (κ2) is 13.6. The predicted octanol–water partition coefficient (Wildman–Crippen LogP) is 2.56. The molecule has 2 aromatic carbocycles. The number of halogens is 1. The number of aliphatic hydroxyl groups is 1. The first-order valence-corrected chi connectivity index (χ1v) is 15.7. The third kappa shape index (κ3) is 6.86. The first-order valence-electron chi connectivity index (χ1n) is 15.7. The number of β-amino-alcohol motifs (C(OH)–C–C–N with tert-alkyl or cyclic N) is 1. The van der Waals surface area contributed by atoms with Crippen LogP contribution in [0.15, 0.2) is 41.2 Å². The molecule has 2 N–H and O–H groups in total. The number of carbonyl (C=O) groups is 1. The first-order chi connectivity index (χ1) is 21.4. The molecule has 0 unspecified atom stereocenters. The van der Waals surface area contributed by atoms with Crippen LogP contribution in [-0.4, -0.2) is 114 Å². The molecule has 44 heavy (non-hydrogen) atoms. The number of benzene rings is 2. The highest BCUT2D eigenvalue weighted by Gasteiger charge is 2.23. The Balaban J connectivity index is 1.14. The minimum atomic E-state index is -0.377. The van der Waals surface area contributed by atoms with Crippen molar-refractivity contribution in [2.24, 2.45) is 0 Å². The van der Waals surface area contributed by atoms with E-state index in [9.17, 15) is 9.59 Å². The quantitative estimate of drug-likeness (QED) is 0.406. The van der Waals surface area contributed by atoms with Gasteiger partial charge >= 0.3 is 0 Å². The average Bonchev–Trinajstić information content (AvgIpc) is 3.03. The van der Waals surface area contributed by atoms with Gasteiger partial charge in [0, 0.05) is 84.1 Å². The molecule has 0 atom stereocenters. The molecule has 1 aromatic heterocycles. The summed E-state index contributed by atoms with van der Waals surface area (Å²) >= 11 is 0. The summed E-state index contributed by atoms with van der Waals surface area (Å²) < 4.78 is 16.8. The SMILES string of the molecule is CN1CCN(c2cc3nc4n(c(=O)c3cc2F)CCC/C4=C\c2ccc(NC(=O)CCN3CCN(CCO)CC3)cc2)CC1. The van der Waals surface area contributed by atoms with Crippen LogP contribution in [0.4, 0.5) is 15.8 Å². The van der Waals surface area contributed by atoms with E-state index >= 15 is 4.39 Å². The van der Waals surface area contributed by atoms with Gasteiger partial charge in [0.25, 0.3) is 5.56 Å². The summed E-state index contributed by atoms with van der Waals surface area (Å²) in [4.78, 5) is 39.7. The number of carbonyl (C=O) groups excluding carboxylic acids is 1. The molecule has 4 heterocycles. The molecule has 3 aromatic rings. The van der Waals surface area contributed by atoms with Crippen LogP contribution in [0.1, 0.15) is 30.7 Å². The number of nitrogens with one attached hydrogen (secondary N) is 1. The maximum atomic E-state index is 15.2. The number of anilines is 2. The average molecular weight is 604 g/mol. The third-order valence-corrected chi connectivity index (χ3v) is 9.05. The highest BCUT2D eigenvalue weighted by molar-refractivity contribution is 5.91. The minimum Gasteiger partial charge on any atom is -0.395 e. The standard InChI is InChI=1S/C33H42FN7O3/c1-37-11-17-40(18-12-37)30-23-29-27(22-28(30)34)33(44)41-9-2-3-25(32(41)36-29)21-24-4-6-26(7-5-24)35-31(43)8-10-38-13-15-39(16-14-38)19-20-42/h4-7,21-23,42H,2-3,8-20H2,1H3,(H,35,43)/b25-21+. The van der Waals surface area contributed by atoms with Crippen molar-refractivity contribution < 1.29 is 14.3 Å². The number of amides is 1.